The van der Waals surface area contributed by atoms with Crippen LogP contribution in [0.3, 0.4) is 0 Å². The van der Waals surface area contributed by atoms with Gasteiger partial charge in [0.1, 0.15) is 17.3 Å². The van der Waals surface area contributed by atoms with Crippen molar-refractivity contribution in [1.29, 1.82) is 5.26 Å². The van der Waals surface area contributed by atoms with E-state index in [9.17, 15) is 13.7 Å². The van der Waals surface area contributed by atoms with E-state index in [1.165, 1.54) is 18.4 Å². The van der Waals surface area contributed by atoms with Crippen molar-refractivity contribution in [3.63, 3.8) is 0 Å². The molecule has 3 rings (SSSR count). The van der Waals surface area contributed by atoms with Gasteiger partial charge in [0.05, 0.1) is 27.3 Å². The fourth-order valence-electron chi connectivity index (χ4n) is 3.02. The van der Waals surface area contributed by atoms with Gasteiger partial charge in [-0.1, -0.05) is 0 Å². The summed E-state index contributed by atoms with van der Waals surface area (Å²) >= 11 is 0. The quantitative estimate of drug-likeness (QED) is 0.650. The molecule has 0 bridgehead atoms. The summed E-state index contributed by atoms with van der Waals surface area (Å²) in [6.45, 7) is 7.00. The molecule has 0 heterocycles. The lowest BCUT2D eigenvalue weighted by atomic mass is 10.1. The van der Waals surface area contributed by atoms with Crippen LogP contribution in [0.1, 0.15) is 23.7 Å². The molecular weight excluding hydrogens is 357 g/mol. The summed E-state index contributed by atoms with van der Waals surface area (Å²) in [5.41, 5.74) is 1.19. The highest BCUT2D eigenvalue weighted by molar-refractivity contribution is 7.93. The molecule has 0 spiro atoms. The maximum Gasteiger partial charge on any atom is 0.214 e. The molecule has 2 aromatic rings. The molecule has 0 fully saturated rings. The van der Waals surface area contributed by atoms with Crippen molar-refractivity contribution < 1.29 is 18.4 Å². The summed E-state index contributed by atoms with van der Waals surface area (Å²) in [5.74, 6) is -0.0496. The number of benzene rings is 2. The first kappa shape index (κ1) is 17.9. The van der Waals surface area contributed by atoms with Crippen LogP contribution in [0.15, 0.2) is 39.6 Å². The van der Waals surface area contributed by atoms with E-state index in [-0.39, 0.29) is 11.4 Å². The average Bonchev–Trinajstić information content (AvgIpc) is 2.97. The third-order valence-corrected chi connectivity index (χ3v) is 5.71. The molecule has 1 N–H and O–H groups in total. The molecule has 2 atom stereocenters. The van der Waals surface area contributed by atoms with Gasteiger partial charge in [-0.3, -0.25) is 0 Å². The lowest BCUT2D eigenvalue weighted by molar-refractivity contribution is 0.177. The van der Waals surface area contributed by atoms with E-state index >= 15 is 0 Å². The number of ether oxygens (including phenoxy) is 1. The second-order valence-electron chi connectivity index (χ2n) is 5.86. The van der Waals surface area contributed by atoms with Gasteiger partial charge in [-0.25, -0.2) is 13.4 Å². The zero-order chi connectivity index (χ0) is 18.9. The highest BCUT2D eigenvalue weighted by Gasteiger charge is 2.30. The lowest BCUT2D eigenvalue weighted by Gasteiger charge is -2.16. The van der Waals surface area contributed by atoms with Crippen LogP contribution in [0.2, 0.25) is 0 Å². The molecule has 26 heavy (non-hydrogen) atoms. The van der Waals surface area contributed by atoms with E-state index in [0.29, 0.717) is 34.6 Å². The van der Waals surface area contributed by atoms with Crippen LogP contribution in [0.25, 0.3) is 4.85 Å². The van der Waals surface area contributed by atoms with Gasteiger partial charge in [0, 0.05) is 23.4 Å². The zero-order valence-corrected chi connectivity index (χ0v) is 14.6. The summed E-state index contributed by atoms with van der Waals surface area (Å²) in [4.78, 5) is 3.49. The van der Waals surface area contributed by atoms with Gasteiger partial charge in [0.15, 0.2) is 5.69 Å². The highest BCUT2D eigenvalue weighted by Crippen LogP contribution is 2.43. The minimum atomic E-state index is -2.98. The Balaban J connectivity index is 2.11. The van der Waals surface area contributed by atoms with Crippen LogP contribution in [-0.2, 0) is 16.1 Å². The standard InChI is InChI=1S/C18H14FN3O3S/c1-21-12-7-11(19)8-13(9-12)25-16-5-6-17(26(2,24)22-10-20)18-14(16)3-4-15(18)23/h5-9,15,23H,3-4H2,2H3/t15-,26?/m1/s1. The smallest absolute Gasteiger partial charge is 0.214 e. The maximum atomic E-state index is 13.6. The monoisotopic (exact) mass is 371 g/mol. The molecule has 0 saturated heterocycles. The molecular formula is C18H14FN3O3S. The molecule has 2 aromatic carbocycles. The van der Waals surface area contributed by atoms with Gasteiger partial charge in [0.2, 0.25) is 6.19 Å². The van der Waals surface area contributed by atoms with Crippen molar-refractivity contribution in [2.75, 3.05) is 6.26 Å². The summed E-state index contributed by atoms with van der Waals surface area (Å²) < 4.78 is 35.5. The molecule has 8 heteroatoms. The summed E-state index contributed by atoms with van der Waals surface area (Å²) in [6, 6.07) is 6.74. The lowest BCUT2D eigenvalue weighted by Crippen LogP contribution is -2.05. The SMILES string of the molecule is [C-]#[N+]c1cc(F)cc(Oc2ccc(S(C)(=O)=NC#N)c3c2CC[C@H]3O)c1. The van der Waals surface area contributed by atoms with Gasteiger partial charge in [-0.15, -0.1) is 4.36 Å². The number of rotatable bonds is 3. The molecule has 0 aliphatic heterocycles. The Morgan fingerprint density at radius 3 is 2.92 bits per heavy atom. The van der Waals surface area contributed by atoms with Crippen LogP contribution in [0, 0.1) is 23.8 Å². The van der Waals surface area contributed by atoms with Crippen molar-refractivity contribution >= 4 is 15.4 Å². The number of aliphatic hydroxyl groups excluding tert-OH is 1. The first-order chi connectivity index (χ1) is 12.4. The van der Waals surface area contributed by atoms with Crippen LogP contribution >= 0.6 is 0 Å². The maximum absolute atomic E-state index is 13.6. The first-order valence-electron chi connectivity index (χ1n) is 7.65. The number of nitriles is 1. The molecule has 0 radical (unpaired) electrons. The number of hydrogen-bond acceptors (Lipinski definition) is 5. The molecule has 0 saturated carbocycles. The van der Waals surface area contributed by atoms with Crippen molar-refractivity contribution in [1.82, 2.24) is 0 Å². The van der Waals surface area contributed by atoms with Gasteiger partial charge in [-0.2, -0.15) is 5.26 Å². The number of halogens is 1. The summed E-state index contributed by atoms with van der Waals surface area (Å²) in [6.07, 6.45) is 2.95. The molecule has 1 aliphatic rings. The molecule has 0 amide bonds. The normalized spacial score (nSPS) is 17.5. The number of hydrogen-bond donors (Lipinski definition) is 1. The Morgan fingerprint density at radius 2 is 2.23 bits per heavy atom. The fraction of sp³-hybridized carbons (Fsp3) is 0.222. The van der Waals surface area contributed by atoms with Crippen molar-refractivity contribution in [2.24, 2.45) is 4.36 Å². The largest absolute Gasteiger partial charge is 0.458 e. The van der Waals surface area contributed by atoms with E-state index in [0.717, 1.165) is 12.1 Å². The minimum absolute atomic E-state index is 0.109. The molecule has 132 valence electrons. The van der Waals surface area contributed by atoms with Gasteiger partial charge in [-0.05, 0) is 37.1 Å². The van der Waals surface area contributed by atoms with Crippen molar-refractivity contribution in [2.45, 2.75) is 23.8 Å². The predicted molar refractivity (Wildman–Crippen MR) is 92.8 cm³/mol. The third kappa shape index (κ3) is 3.25. The van der Waals surface area contributed by atoms with E-state index < -0.39 is 21.7 Å². The third-order valence-electron chi connectivity index (χ3n) is 4.11. The zero-order valence-electron chi connectivity index (χ0n) is 13.8. The average molecular weight is 371 g/mol. The van der Waals surface area contributed by atoms with Gasteiger partial charge < -0.3 is 9.84 Å². The van der Waals surface area contributed by atoms with Gasteiger partial charge in [0.25, 0.3) is 0 Å². The molecule has 0 aromatic heterocycles. The van der Waals surface area contributed by atoms with Crippen LogP contribution < -0.4 is 4.74 Å². The fourth-order valence-corrected chi connectivity index (χ4v) is 4.27. The molecule has 6 nitrogen and oxygen atoms in total. The minimum Gasteiger partial charge on any atom is -0.458 e. The van der Waals surface area contributed by atoms with Crippen LogP contribution in [0.5, 0.6) is 11.5 Å². The summed E-state index contributed by atoms with van der Waals surface area (Å²) in [5, 5.41) is 19.1. The Morgan fingerprint density at radius 1 is 1.46 bits per heavy atom. The van der Waals surface area contributed by atoms with E-state index in [2.05, 4.69) is 9.21 Å². The first-order valence-corrected chi connectivity index (χ1v) is 9.58. The Bertz CT molecular complexity index is 1090. The Kier molecular flexibility index (Phi) is 4.64. The van der Waals surface area contributed by atoms with Crippen molar-refractivity contribution in [3.05, 3.63) is 58.7 Å². The molecule has 1 unspecified atom stereocenters. The number of aliphatic hydroxyl groups is 1. The Hall–Kier alpha value is -2.94. The highest BCUT2D eigenvalue weighted by atomic mass is 32.2. The van der Waals surface area contributed by atoms with Crippen molar-refractivity contribution in [3.8, 4) is 17.7 Å². The number of fused-ring (bicyclic) bond motifs is 1. The van der Waals surface area contributed by atoms with Crippen LogP contribution in [0.4, 0.5) is 10.1 Å². The molecule has 1 aliphatic carbocycles. The van der Waals surface area contributed by atoms with E-state index in [1.54, 1.807) is 12.3 Å². The van der Waals surface area contributed by atoms with Crippen LogP contribution in [-0.4, -0.2) is 15.6 Å². The second-order valence-corrected chi connectivity index (χ2v) is 8.09. The number of nitrogens with zero attached hydrogens (tertiary/aromatic N) is 3. The summed E-state index contributed by atoms with van der Waals surface area (Å²) in [7, 11) is -2.98. The topological polar surface area (TPSA) is 87.0 Å². The second kappa shape index (κ2) is 6.75. The van der Waals surface area contributed by atoms with E-state index in [4.69, 9.17) is 16.6 Å². The Labute approximate surface area is 150 Å². The van der Waals surface area contributed by atoms with Gasteiger partial charge >= 0.3 is 0 Å². The predicted octanol–water partition coefficient (Wildman–Crippen LogP) is 4.09. The van der Waals surface area contributed by atoms with E-state index in [1.807, 2.05) is 0 Å².